The minimum Gasteiger partial charge on any atom is -0.352 e. The number of aryl methyl sites for hydroxylation is 1. The van der Waals surface area contributed by atoms with E-state index in [0.29, 0.717) is 0 Å². The number of carbonyl (C=O) groups excluding carboxylic acids is 1. The molecule has 0 fully saturated rings. The average molecular weight is 212 g/mol. The molecule has 0 unspecified atom stereocenters. The Balaban J connectivity index is 2.46. The fraction of sp³-hybridized carbons (Fsp3) is 0.250. The summed E-state index contributed by atoms with van der Waals surface area (Å²) < 4.78 is 2.13. The van der Waals surface area contributed by atoms with E-state index in [9.17, 15) is 4.79 Å². The highest BCUT2D eigenvalue weighted by atomic mass is 16.2. The van der Waals surface area contributed by atoms with Gasteiger partial charge in [0.25, 0.3) is 5.91 Å². The summed E-state index contributed by atoms with van der Waals surface area (Å²) in [6, 6.07) is 8.05. The van der Waals surface area contributed by atoms with Crippen molar-refractivity contribution in [1.82, 2.24) is 9.88 Å². The Bertz CT molecular complexity index is 554. The molecule has 76 valence electrons. The second-order valence-corrected chi connectivity index (χ2v) is 3.90. The van der Waals surface area contributed by atoms with Crippen molar-refractivity contribution in [3.63, 3.8) is 0 Å². The average Bonchev–Trinajstić information content (AvgIpc) is 2.55. The summed E-state index contributed by atoms with van der Waals surface area (Å²) in [6.07, 6.45) is 0.923. The molecule has 1 aromatic carbocycles. The SMILES string of the molecule is Cn1c2c([14c]3[14cH][14cH][14cH][14cH][14c]31)C(=O)NCC2. The molecule has 0 spiro atoms. The highest BCUT2D eigenvalue weighted by molar-refractivity contribution is 6.09. The van der Waals surface area contributed by atoms with Crippen LogP contribution in [0.1, 0.15) is 16.1 Å². The van der Waals surface area contributed by atoms with Crippen molar-refractivity contribution < 1.29 is 4.79 Å². The van der Waals surface area contributed by atoms with Gasteiger partial charge in [0, 0.05) is 36.6 Å². The fourth-order valence-corrected chi connectivity index (χ4v) is 2.37. The number of nitrogens with zero attached hydrogens (tertiary/aromatic N) is 1. The van der Waals surface area contributed by atoms with Crippen LogP contribution in [0, 0.1) is 0 Å². The van der Waals surface area contributed by atoms with Crippen LogP contribution in [0.2, 0.25) is 0 Å². The Morgan fingerprint density at radius 1 is 1.40 bits per heavy atom. The highest BCUT2D eigenvalue weighted by Crippen LogP contribution is 2.27. The van der Waals surface area contributed by atoms with Crippen molar-refractivity contribution in [3.8, 4) is 0 Å². The number of para-hydroxylation sites is 1. The first-order valence-electron chi connectivity index (χ1n) is 5.13. The number of aromatic nitrogens is 1. The number of hydrogen-bond acceptors (Lipinski definition) is 1. The Morgan fingerprint density at radius 3 is 3.07 bits per heavy atom. The molecule has 0 bridgehead atoms. The zero-order chi connectivity index (χ0) is 10.4. The summed E-state index contributed by atoms with van der Waals surface area (Å²) in [7, 11) is 2.03. The molecule has 0 saturated carbocycles. The van der Waals surface area contributed by atoms with Gasteiger partial charge < -0.3 is 9.88 Å². The third-order valence-corrected chi connectivity index (χ3v) is 3.10. The molecule has 2 aromatic rings. The quantitative estimate of drug-likeness (QED) is 0.704. The van der Waals surface area contributed by atoms with E-state index >= 15 is 0 Å². The van der Waals surface area contributed by atoms with Gasteiger partial charge in [-0.3, -0.25) is 4.79 Å². The van der Waals surface area contributed by atoms with Crippen LogP contribution in [-0.4, -0.2) is 17.0 Å². The van der Waals surface area contributed by atoms with E-state index in [4.69, 9.17) is 0 Å². The molecule has 3 heteroatoms. The third-order valence-electron chi connectivity index (χ3n) is 3.10. The predicted octanol–water partition coefficient (Wildman–Crippen LogP) is 1.46. The lowest BCUT2D eigenvalue weighted by molar-refractivity contribution is 0.0947. The maximum Gasteiger partial charge on any atom is 0.253 e. The number of carbonyl (C=O) groups is 1. The van der Waals surface area contributed by atoms with Gasteiger partial charge in [-0.25, -0.2) is 0 Å². The lowest BCUT2D eigenvalue weighted by Gasteiger charge is -2.14. The second-order valence-electron chi connectivity index (χ2n) is 3.90. The fourth-order valence-electron chi connectivity index (χ4n) is 2.37. The van der Waals surface area contributed by atoms with Crippen LogP contribution in [-0.2, 0) is 13.5 Å². The van der Waals surface area contributed by atoms with Crippen molar-refractivity contribution in [2.24, 2.45) is 7.05 Å². The molecule has 3 rings (SSSR count). The van der Waals surface area contributed by atoms with Gasteiger partial charge in [0.1, 0.15) is 0 Å². The van der Waals surface area contributed by atoms with E-state index in [2.05, 4.69) is 16.0 Å². The van der Waals surface area contributed by atoms with Crippen molar-refractivity contribution in [1.29, 1.82) is 0 Å². The second kappa shape index (κ2) is 2.86. The largest absolute Gasteiger partial charge is 0.352 e. The van der Waals surface area contributed by atoms with E-state index in [1.54, 1.807) is 0 Å². The Labute approximate surface area is 87.7 Å². The summed E-state index contributed by atoms with van der Waals surface area (Å²) in [5, 5.41) is 3.95. The van der Waals surface area contributed by atoms with Crippen molar-refractivity contribution in [2.75, 3.05) is 6.54 Å². The maximum absolute atomic E-state index is 11.8. The summed E-state index contributed by atoms with van der Waals surface area (Å²) >= 11 is 0. The number of benzene rings is 1. The number of amides is 1. The van der Waals surface area contributed by atoms with E-state index in [0.717, 1.165) is 35.1 Å². The first-order valence-corrected chi connectivity index (χ1v) is 5.13. The third kappa shape index (κ3) is 1.03. The molecule has 1 aliphatic rings. The Morgan fingerprint density at radius 2 is 2.20 bits per heavy atom. The van der Waals surface area contributed by atoms with Gasteiger partial charge in [-0.05, 0) is 6.07 Å². The lowest BCUT2D eigenvalue weighted by atomic mass is 10.2. The van der Waals surface area contributed by atoms with Gasteiger partial charge in [-0.1, -0.05) is 18.2 Å². The van der Waals surface area contributed by atoms with Crippen LogP contribution in [0.4, 0.5) is 0 Å². The molecular weight excluding hydrogens is 200 g/mol. The smallest absolute Gasteiger partial charge is 0.253 e. The molecule has 1 N–H and O–H groups in total. The molecule has 2 heterocycles. The van der Waals surface area contributed by atoms with Crippen LogP contribution >= 0.6 is 0 Å². The van der Waals surface area contributed by atoms with Crippen LogP contribution in [0.3, 0.4) is 0 Å². The topological polar surface area (TPSA) is 34.0 Å². The van der Waals surface area contributed by atoms with E-state index in [1.807, 2.05) is 25.2 Å². The van der Waals surface area contributed by atoms with Gasteiger partial charge in [0.2, 0.25) is 0 Å². The van der Waals surface area contributed by atoms with Crippen molar-refractivity contribution in [2.45, 2.75) is 6.42 Å². The van der Waals surface area contributed by atoms with E-state index in [-0.39, 0.29) is 5.91 Å². The first-order chi connectivity index (χ1) is 7.29. The number of hydrogen-bond donors (Lipinski definition) is 1. The summed E-state index contributed by atoms with van der Waals surface area (Å²) in [6.45, 7) is 0.746. The molecule has 1 aromatic heterocycles. The van der Waals surface area contributed by atoms with Gasteiger partial charge in [0.05, 0.1) is 5.56 Å². The summed E-state index contributed by atoms with van der Waals surface area (Å²) in [5.74, 6) is 0.0630. The summed E-state index contributed by atoms with van der Waals surface area (Å²) in [4.78, 5) is 11.8. The molecule has 1 aliphatic heterocycles. The Hall–Kier alpha value is -1.77. The predicted molar refractivity (Wildman–Crippen MR) is 59.0 cm³/mol. The normalized spacial score (nSPS) is 15.1. The zero-order valence-electron chi connectivity index (χ0n) is 8.58. The van der Waals surface area contributed by atoms with E-state index < -0.39 is 0 Å². The molecule has 15 heavy (non-hydrogen) atoms. The van der Waals surface area contributed by atoms with Crippen LogP contribution in [0.5, 0.6) is 0 Å². The molecule has 1 amide bonds. The van der Waals surface area contributed by atoms with Gasteiger partial charge in [-0.2, -0.15) is 0 Å². The van der Waals surface area contributed by atoms with Crippen LogP contribution in [0.15, 0.2) is 24.3 Å². The molecule has 0 saturated heterocycles. The zero-order valence-corrected chi connectivity index (χ0v) is 8.58. The molecular formula is C12H12N2O. The number of fused-ring (bicyclic) bond motifs is 3. The lowest BCUT2D eigenvalue weighted by Crippen LogP contribution is -2.32. The minimum absolute atomic E-state index is 0.0630. The number of rotatable bonds is 0. The van der Waals surface area contributed by atoms with Crippen LogP contribution < -0.4 is 5.32 Å². The van der Waals surface area contributed by atoms with Gasteiger partial charge in [-0.15, -0.1) is 0 Å². The minimum atomic E-state index is 0.0630. The standard InChI is InChI=1S/C12H12N2O/c1-14-9-5-3-2-4-8(9)11-10(14)6-7-13-12(11)15/h2-5H,6-7H2,1H3,(H,13,15)/i2+2,3+2,4+2,5+2,8+2,9+2. The molecule has 0 aliphatic carbocycles. The van der Waals surface area contributed by atoms with Gasteiger partial charge in [0.15, 0.2) is 0 Å². The number of nitrogens with one attached hydrogen (secondary N) is 1. The van der Waals surface area contributed by atoms with E-state index in [1.165, 1.54) is 0 Å². The molecule has 3 nitrogen and oxygen atoms in total. The summed E-state index contributed by atoms with van der Waals surface area (Å²) in [5.41, 5.74) is 3.15. The maximum atomic E-state index is 11.8. The molecule has 0 radical (unpaired) electrons. The molecule has 0 atom stereocenters. The monoisotopic (exact) mass is 212 g/mol. The van der Waals surface area contributed by atoms with Crippen LogP contribution in [0.25, 0.3) is 10.9 Å². The van der Waals surface area contributed by atoms with Gasteiger partial charge >= 0.3 is 0 Å². The van der Waals surface area contributed by atoms with Crippen molar-refractivity contribution >= 4 is 16.8 Å². The van der Waals surface area contributed by atoms with Crippen molar-refractivity contribution in [3.05, 3.63) is 35.5 Å². The highest BCUT2D eigenvalue weighted by Gasteiger charge is 2.23. The Kier molecular flexibility index (Phi) is 1.63. The first kappa shape index (κ1) is 8.53.